The second-order valence-electron chi connectivity index (χ2n) is 2.17. The van der Waals surface area contributed by atoms with Crippen LogP contribution in [0.3, 0.4) is 0 Å². The lowest BCUT2D eigenvalue weighted by Crippen LogP contribution is -2.22. The average molecular weight is 179 g/mol. The first-order valence-electron chi connectivity index (χ1n) is 3.35. The highest BCUT2D eigenvalue weighted by Crippen LogP contribution is 1.76. The number of aliphatic carboxylic acids is 1. The number of rotatable bonds is 6. The molecule has 0 rings (SSSR count). The van der Waals surface area contributed by atoms with Crippen LogP contribution in [0.1, 0.15) is 6.42 Å². The Kier molecular flexibility index (Phi) is 6.06. The summed E-state index contributed by atoms with van der Waals surface area (Å²) in [6.07, 6.45) is 1.75. The first-order valence-corrected chi connectivity index (χ1v) is 5.08. The van der Waals surface area contributed by atoms with Crippen molar-refractivity contribution in [2.24, 2.45) is 0 Å². The van der Waals surface area contributed by atoms with Gasteiger partial charge in [0.05, 0.1) is 6.42 Å². The molecule has 0 saturated carbocycles. The van der Waals surface area contributed by atoms with Crippen LogP contribution in [0.4, 0.5) is 0 Å². The van der Waals surface area contributed by atoms with Gasteiger partial charge in [-0.1, -0.05) is 0 Å². The molecule has 0 spiro atoms. The van der Waals surface area contributed by atoms with Gasteiger partial charge in [-0.05, 0) is 0 Å². The van der Waals surface area contributed by atoms with E-state index < -0.39 is 16.8 Å². The summed E-state index contributed by atoms with van der Waals surface area (Å²) in [4.78, 5) is 10.00. The van der Waals surface area contributed by atoms with E-state index >= 15 is 0 Å². The highest BCUT2D eigenvalue weighted by molar-refractivity contribution is 7.84. The Morgan fingerprint density at radius 3 is 2.64 bits per heavy atom. The van der Waals surface area contributed by atoms with Crippen LogP contribution in [-0.2, 0) is 15.6 Å². The molecule has 11 heavy (non-hydrogen) atoms. The fourth-order valence-electron chi connectivity index (χ4n) is 0.536. The maximum absolute atomic E-state index is 10.5. The van der Waals surface area contributed by atoms with E-state index in [1.807, 2.05) is 0 Å². The number of nitrogens with one attached hydrogen (secondary N) is 1. The van der Waals surface area contributed by atoms with Crippen LogP contribution in [0.25, 0.3) is 0 Å². The van der Waals surface area contributed by atoms with E-state index in [1.165, 1.54) is 0 Å². The van der Waals surface area contributed by atoms with E-state index in [2.05, 4.69) is 5.32 Å². The summed E-state index contributed by atoms with van der Waals surface area (Å²) in [5.74, 6) is -0.227. The standard InChI is InChI=1S/C6H13NO3S/c1-11(10)5-4-7-3-2-6(8)9/h7H,2-5H2,1H3,(H,8,9). The molecule has 5 heteroatoms. The second-order valence-corrected chi connectivity index (χ2v) is 3.73. The van der Waals surface area contributed by atoms with E-state index in [0.717, 1.165) is 0 Å². The molecular weight excluding hydrogens is 166 g/mol. The van der Waals surface area contributed by atoms with Gasteiger partial charge in [0.15, 0.2) is 0 Å². The van der Waals surface area contributed by atoms with Crippen LogP contribution >= 0.6 is 0 Å². The lowest BCUT2D eigenvalue weighted by atomic mass is 10.4. The largest absolute Gasteiger partial charge is 0.481 e. The normalized spacial score (nSPS) is 12.8. The molecule has 66 valence electrons. The van der Waals surface area contributed by atoms with E-state index in [9.17, 15) is 9.00 Å². The highest BCUT2D eigenvalue weighted by atomic mass is 32.2. The van der Waals surface area contributed by atoms with Gasteiger partial charge in [0, 0.05) is 35.9 Å². The summed E-state index contributed by atoms with van der Waals surface area (Å²) in [5.41, 5.74) is 0. The van der Waals surface area contributed by atoms with Crippen LogP contribution in [-0.4, -0.2) is 40.4 Å². The van der Waals surface area contributed by atoms with Crippen molar-refractivity contribution in [3.8, 4) is 0 Å². The minimum atomic E-state index is -0.810. The smallest absolute Gasteiger partial charge is 0.304 e. The number of hydrogen-bond acceptors (Lipinski definition) is 3. The average Bonchev–Trinajstić information content (AvgIpc) is 1.85. The maximum atomic E-state index is 10.5. The van der Waals surface area contributed by atoms with Crippen molar-refractivity contribution in [2.45, 2.75) is 6.42 Å². The van der Waals surface area contributed by atoms with Crippen molar-refractivity contribution in [3.63, 3.8) is 0 Å². The molecule has 0 aromatic carbocycles. The van der Waals surface area contributed by atoms with Gasteiger partial charge in [-0.3, -0.25) is 9.00 Å². The number of carboxylic acids is 1. The summed E-state index contributed by atoms with van der Waals surface area (Å²) in [5, 5.41) is 11.1. The summed E-state index contributed by atoms with van der Waals surface area (Å²) in [6, 6.07) is 0. The second kappa shape index (κ2) is 6.30. The molecule has 0 aromatic heterocycles. The van der Waals surface area contributed by atoms with Crippen molar-refractivity contribution in [2.75, 3.05) is 25.1 Å². The summed E-state index contributed by atoms with van der Waals surface area (Å²) < 4.78 is 10.5. The zero-order valence-electron chi connectivity index (χ0n) is 6.50. The van der Waals surface area contributed by atoms with Gasteiger partial charge in [-0.25, -0.2) is 0 Å². The van der Waals surface area contributed by atoms with E-state index in [4.69, 9.17) is 5.11 Å². The van der Waals surface area contributed by atoms with Crippen molar-refractivity contribution < 1.29 is 14.1 Å². The molecule has 0 bridgehead atoms. The predicted octanol–water partition coefficient (Wildman–Crippen LogP) is -0.571. The SMILES string of the molecule is CS(=O)CCNCCC(=O)O. The minimum absolute atomic E-state index is 0.121. The Bertz CT molecular complexity index is 133. The van der Waals surface area contributed by atoms with Gasteiger partial charge in [-0.2, -0.15) is 0 Å². The van der Waals surface area contributed by atoms with Crippen molar-refractivity contribution >= 4 is 16.8 Å². The summed E-state index contributed by atoms with van der Waals surface area (Å²) in [7, 11) is -0.790. The summed E-state index contributed by atoms with van der Waals surface area (Å²) >= 11 is 0. The Labute approximate surface area is 68.4 Å². The van der Waals surface area contributed by atoms with Gasteiger partial charge in [-0.15, -0.1) is 0 Å². The molecule has 0 aromatic rings. The van der Waals surface area contributed by atoms with Gasteiger partial charge in [0.1, 0.15) is 0 Å². The van der Waals surface area contributed by atoms with Gasteiger partial charge < -0.3 is 10.4 Å². The summed E-state index contributed by atoms with van der Waals surface area (Å²) in [6.45, 7) is 1.07. The molecule has 0 radical (unpaired) electrons. The van der Waals surface area contributed by atoms with E-state index in [0.29, 0.717) is 18.8 Å². The number of carboxylic acid groups (broad SMARTS) is 1. The molecule has 0 heterocycles. The van der Waals surface area contributed by atoms with E-state index in [-0.39, 0.29) is 6.42 Å². The number of hydrogen-bond donors (Lipinski definition) is 2. The molecular formula is C6H13NO3S. The zero-order valence-corrected chi connectivity index (χ0v) is 7.32. The molecule has 0 aliphatic carbocycles. The lowest BCUT2D eigenvalue weighted by Gasteiger charge is -1.99. The van der Waals surface area contributed by atoms with Crippen LogP contribution < -0.4 is 5.32 Å². The first kappa shape index (κ1) is 10.6. The topological polar surface area (TPSA) is 66.4 Å². The molecule has 4 nitrogen and oxygen atoms in total. The third kappa shape index (κ3) is 9.58. The van der Waals surface area contributed by atoms with Crippen LogP contribution in [0.15, 0.2) is 0 Å². The van der Waals surface area contributed by atoms with E-state index in [1.54, 1.807) is 6.26 Å². The molecule has 0 aliphatic rings. The quantitative estimate of drug-likeness (QED) is 0.536. The zero-order chi connectivity index (χ0) is 8.69. The molecule has 0 saturated heterocycles. The van der Waals surface area contributed by atoms with Crippen molar-refractivity contribution in [1.82, 2.24) is 5.32 Å². The van der Waals surface area contributed by atoms with Crippen LogP contribution in [0, 0.1) is 0 Å². The Morgan fingerprint density at radius 1 is 1.55 bits per heavy atom. The lowest BCUT2D eigenvalue weighted by molar-refractivity contribution is -0.136. The molecule has 1 unspecified atom stereocenters. The molecule has 2 N–H and O–H groups in total. The third-order valence-corrected chi connectivity index (χ3v) is 1.86. The molecule has 0 aliphatic heterocycles. The van der Waals surface area contributed by atoms with Gasteiger partial charge in [0.25, 0.3) is 0 Å². The van der Waals surface area contributed by atoms with Gasteiger partial charge >= 0.3 is 5.97 Å². The fourth-order valence-corrected chi connectivity index (χ4v) is 0.968. The Morgan fingerprint density at radius 2 is 2.18 bits per heavy atom. The molecule has 0 fully saturated rings. The fraction of sp³-hybridized carbons (Fsp3) is 0.833. The van der Waals surface area contributed by atoms with Crippen molar-refractivity contribution in [3.05, 3.63) is 0 Å². The maximum Gasteiger partial charge on any atom is 0.304 e. The third-order valence-electron chi connectivity index (χ3n) is 1.08. The molecule has 0 amide bonds. The van der Waals surface area contributed by atoms with Gasteiger partial charge in [0.2, 0.25) is 0 Å². The first-order chi connectivity index (χ1) is 5.13. The Hall–Kier alpha value is -0.420. The Balaban J connectivity index is 3.03. The predicted molar refractivity (Wildman–Crippen MR) is 44.1 cm³/mol. The van der Waals surface area contributed by atoms with Crippen LogP contribution in [0.2, 0.25) is 0 Å². The molecule has 1 atom stereocenters. The van der Waals surface area contributed by atoms with Crippen LogP contribution in [0.5, 0.6) is 0 Å². The highest BCUT2D eigenvalue weighted by Gasteiger charge is 1.95. The monoisotopic (exact) mass is 179 g/mol. The minimum Gasteiger partial charge on any atom is -0.481 e. The van der Waals surface area contributed by atoms with Crippen molar-refractivity contribution in [1.29, 1.82) is 0 Å². The number of carbonyl (C=O) groups is 1.